The van der Waals surface area contributed by atoms with Crippen LogP contribution in [0.2, 0.25) is 0 Å². The minimum absolute atomic E-state index is 0.688. The van der Waals surface area contributed by atoms with Crippen LogP contribution in [-0.4, -0.2) is 22.9 Å². The van der Waals surface area contributed by atoms with E-state index in [1.807, 2.05) is 17.8 Å². The van der Waals surface area contributed by atoms with Crippen molar-refractivity contribution in [2.75, 3.05) is 13.1 Å². The minimum atomic E-state index is 0.688. The van der Waals surface area contributed by atoms with Crippen LogP contribution in [0.25, 0.3) is 12.2 Å². The van der Waals surface area contributed by atoms with Crippen LogP contribution in [0.4, 0.5) is 0 Å². The Hall–Kier alpha value is -1.35. The van der Waals surface area contributed by atoms with Crippen molar-refractivity contribution in [3.63, 3.8) is 0 Å². The molecule has 0 spiro atoms. The van der Waals surface area contributed by atoms with Gasteiger partial charge < -0.3 is 5.32 Å². The lowest BCUT2D eigenvalue weighted by Crippen LogP contribution is -2.31. The van der Waals surface area contributed by atoms with E-state index in [2.05, 4.69) is 30.5 Å². The average molecular weight is 231 g/mol. The molecular formula is C14H21N3. The fourth-order valence-electron chi connectivity index (χ4n) is 2.23. The van der Waals surface area contributed by atoms with E-state index in [9.17, 15) is 0 Å². The number of rotatable bonds is 3. The highest BCUT2D eigenvalue weighted by atomic mass is 15.3. The lowest BCUT2D eigenvalue weighted by molar-refractivity contribution is 0.442. The van der Waals surface area contributed by atoms with Gasteiger partial charge in [0.25, 0.3) is 0 Å². The number of nitrogens with one attached hydrogen (secondary N) is 1. The van der Waals surface area contributed by atoms with Crippen LogP contribution in [0.15, 0.2) is 18.3 Å². The van der Waals surface area contributed by atoms with Crippen LogP contribution in [0.5, 0.6) is 0 Å². The van der Waals surface area contributed by atoms with Gasteiger partial charge in [0.1, 0.15) is 0 Å². The van der Waals surface area contributed by atoms with E-state index in [4.69, 9.17) is 0 Å². The van der Waals surface area contributed by atoms with Gasteiger partial charge in [0.2, 0.25) is 0 Å². The third-order valence-electron chi connectivity index (χ3n) is 3.59. The van der Waals surface area contributed by atoms with Crippen LogP contribution in [0.3, 0.4) is 0 Å². The van der Waals surface area contributed by atoms with Crippen molar-refractivity contribution in [1.82, 2.24) is 15.1 Å². The molecule has 3 nitrogen and oxygen atoms in total. The molecule has 1 aromatic rings. The summed E-state index contributed by atoms with van der Waals surface area (Å²) >= 11 is 0. The number of aromatic nitrogens is 2. The van der Waals surface area contributed by atoms with Crippen LogP contribution in [0, 0.1) is 5.92 Å². The zero-order valence-electron chi connectivity index (χ0n) is 10.8. The van der Waals surface area contributed by atoms with Crippen LogP contribution >= 0.6 is 0 Å². The van der Waals surface area contributed by atoms with Gasteiger partial charge >= 0.3 is 0 Å². The van der Waals surface area contributed by atoms with Crippen LogP contribution < -0.4 is 15.9 Å². The molecule has 1 saturated heterocycles. The van der Waals surface area contributed by atoms with Gasteiger partial charge in [-0.15, -0.1) is 0 Å². The highest BCUT2D eigenvalue weighted by molar-refractivity contribution is 5.59. The smallest absolute Gasteiger partial charge is 0.0613 e. The highest BCUT2D eigenvalue weighted by Crippen LogP contribution is 2.08. The van der Waals surface area contributed by atoms with Gasteiger partial charge in [-0.3, -0.25) is 4.68 Å². The number of hydrogen-bond acceptors (Lipinski definition) is 2. The molecule has 0 aliphatic carbocycles. The Balaban J connectivity index is 2.30. The second kappa shape index (κ2) is 4.88. The molecule has 0 radical (unpaired) electrons. The molecule has 2 heterocycles. The van der Waals surface area contributed by atoms with Crippen molar-refractivity contribution in [3.05, 3.63) is 28.9 Å². The fourth-order valence-corrected chi connectivity index (χ4v) is 2.23. The summed E-state index contributed by atoms with van der Waals surface area (Å²) in [7, 11) is 0. The summed E-state index contributed by atoms with van der Waals surface area (Å²) < 4.78 is 2.03. The van der Waals surface area contributed by atoms with Gasteiger partial charge in [-0.1, -0.05) is 18.7 Å². The first-order chi connectivity index (χ1) is 8.09. The Morgan fingerprint density at radius 1 is 1.59 bits per heavy atom. The zero-order chi connectivity index (χ0) is 12.4. The molecule has 2 rings (SSSR count). The van der Waals surface area contributed by atoms with Crippen molar-refractivity contribution in [2.24, 2.45) is 5.92 Å². The number of hydrogen-bond donors (Lipinski definition) is 1. The Kier molecular flexibility index (Phi) is 3.48. The van der Waals surface area contributed by atoms with E-state index < -0.39 is 0 Å². The molecule has 0 saturated carbocycles. The van der Waals surface area contributed by atoms with Crippen LogP contribution in [0.1, 0.15) is 20.3 Å². The molecule has 1 N–H and O–H groups in total. The maximum Gasteiger partial charge on any atom is 0.0613 e. The van der Waals surface area contributed by atoms with Gasteiger partial charge in [-0.25, -0.2) is 0 Å². The second-order valence-corrected chi connectivity index (χ2v) is 4.95. The second-order valence-electron chi connectivity index (χ2n) is 4.95. The van der Waals surface area contributed by atoms with Crippen molar-refractivity contribution in [1.29, 1.82) is 0 Å². The van der Waals surface area contributed by atoms with Crippen molar-refractivity contribution in [2.45, 2.75) is 26.8 Å². The SMILES string of the molecule is C=C(C)/C(C)=c1/cnn(CC2CCNC2)c1=C. The van der Waals surface area contributed by atoms with Gasteiger partial charge in [-0.2, -0.15) is 5.10 Å². The molecule has 1 aliphatic rings. The van der Waals surface area contributed by atoms with Crippen molar-refractivity contribution in [3.8, 4) is 0 Å². The maximum absolute atomic E-state index is 4.45. The molecular weight excluding hydrogens is 210 g/mol. The van der Waals surface area contributed by atoms with E-state index in [0.29, 0.717) is 5.92 Å². The zero-order valence-corrected chi connectivity index (χ0v) is 10.8. The van der Waals surface area contributed by atoms with Gasteiger partial charge in [-0.05, 0) is 44.8 Å². The van der Waals surface area contributed by atoms with Gasteiger partial charge in [0, 0.05) is 11.8 Å². The molecule has 1 aromatic heterocycles. The topological polar surface area (TPSA) is 29.9 Å². The third kappa shape index (κ3) is 2.50. The predicted octanol–water partition coefficient (Wildman–Crippen LogP) is 0.650. The largest absolute Gasteiger partial charge is 0.316 e. The predicted molar refractivity (Wildman–Crippen MR) is 71.9 cm³/mol. The molecule has 17 heavy (non-hydrogen) atoms. The third-order valence-corrected chi connectivity index (χ3v) is 3.59. The molecule has 1 unspecified atom stereocenters. The van der Waals surface area contributed by atoms with Crippen molar-refractivity contribution < 1.29 is 0 Å². The van der Waals surface area contributed by atoms with E-state index in [-0.39, 0.29) is 0 Å². The number of allylic oxidation sites excluding steroid dienone is 1. The molecule has 0 aromatic carbocycles. The quantitative estimate of drug-likeness (QED) is 0.828. The fraction of sp³-hybridized carbons (Fsp3) is 0.500. The molecule has 3 heteroatoms. The maximum atomic E-state index is 4.45. The normalized spacial score (nSPS) is 21.6. The van der Waals surface area contributed by atoms with E-state index >= 15 is 0 Å². The standard InChI is InChI=1S/C14H21N3/c1-10(2)11(3)14-8-16-17(12(14)4)9-13-5-6-15-7-13/h8,13,15H,1,4-7,9H2,2-3H3/b14-11-. The van der Waals surface area contributed by atoms with Gasteiger partial charge in [0.15, 0.2) is 0 Å². The van der Waals surface area contributed by atoms with E-state index in [0.717, 1.165) is 35.8 Å². The van der Waals surface area contributed by atoms with Crippen molar-refractivity contribution >= 4 is 12.2 Å². The Morgan fingerprint density at radius 2 is 2.35 bits per heavy atom. The molecule has 1 atom stereocenters. The Bertz CT molecular complexity index is 518. The summed E-state index contributed by atoms with van der Waals surface area (Å²) in [5, 5.41) is 9.97. The molecule has 1 aliphatic heterocycles. The van der Waals surface area contributed by atoms with E-state index in [1.54, 1.807) is 0 Å². The first-order valence-electron chi connectivity index (χ1n) is 6.18. The molecule has 0 bridgehead atoms. The first-order valence-corrected chi connectivity index (χ1v) is 6.18. The Labute approximate surface area is 103 Å². The summed E-state index contributed by atoms with van der Waals surface area (Å²) in [5.74, 6) is 0.688. The van der Waals surface area contributed by atoms with E-state index in [1.165, 1.54) is 12.0 Å². The summed E-state index contributed by atoms with van der Waals surface area (Å²) in [6.45, 7) is 15.4. The monoisotopic (exact) mass is 231 g/mol. The molecule has 1 fully saturated rings. The summed E-state index contributed by atoms with van der Waals surface area (Å²) in [4.78, 5) is 0. The minimum Gasteiger partial charge on any atom is -0.316 e. The molecule has 92 valence electrons. The lowest BCUT2D eigenvalue weighted by Gasteiger charge is -2.08. The number of nitrogens with zero attached hydrogens (tertiary/aromatic N) is 2. The summed E-state index contributed by atoms with van der Waals surface area (Å²) in [5.41, 5.74) is 2.27. The lowest BCUT2D eigenvalue weighted by atomic mass is 10.1. The Morgan fingerprint density at radius 3 is 2.94 bits per heavy atom. The highest BCUT2D eigenvalue weighted by Gasteiger charge is 2.15. The first kappa shape index (κ1) is 12.1. The summed E-state index contributed by atoms with van der Waals surface area (Å²) in [6.07, 6.45) is 3.15. The van der Waals surface area contributed by atoms with Crippen LogP contribution in [-0.2, 0) is 6.54 Å². The molecule has 0 amide bonds. The average Bonchev–Trinajstić information content (AvgIpc) is 2.90. The summed E-state index contributed by atoms with van der Waals surface area (Å²) in [6, 6.07) is 0. The van der Waals surface area contributed by atoms with Gasteiger partial charge in [0.05, 0.1) is 11.5 Å².